The van der Waals surface area contributed by atoms with E-state index < -0.39 is 59.2 Å². The topological polar surface area (TPSA) is 78.9 Å². The van der Waals surface area contributed by atoms with Crippen LogP contribution in [0.25, 0.3) is 11.1 Å². The smallest absolute Gasteiger partial charge is 0.425 e. The maximum Gasteiger partial charge on any atom is 0.425 e. The van der Waals surface area contributed by atoms with Crippen LogP contribution in [0.15, 0.2) is 60.7 Å². The minimum atomic E-state index is -4.82. The van der Waals surface area contributed by atoms with Gasteiger partial charge in [-0.05, 0) is 66.8 Å². The molecule has 0 unspecified atom stereocenters. The average Bonchev–Trinajstić information content (AvgIpc) is 3.03. The summed E-state index contributed by atoms with van der Waals surface area (Å²) in [6, 6.07) is 12.7. The summed E-state index contributed by atoms with van der Waals surface area (Å²) in [6.45, 7) is 3.97. The van der Waals surface area contributed by atoms with Crippen LogP contribution in [0.2, 0.25) is 0 Å². The maximum absolute atomic E-state index is 15.0. The number of rotatable bonds is 18. The zero-order chi connectivity index (χ0) is 35.1. The normalized spacial score (nSPS) is 12.0. The molecule has 3 aromatic rings. The molecule has 0 heterocycles. The Bertz CT molecular complexity index is 1500. The molecule has 3 rings (SSSR count). The van der Waals surface area contributed by atoms with Gasteiger partial charge in [-0.3, -0.25) is 4.79 Å². The number of alkyl halides is 3. The fraction of sp³-hybridized carbons (Fsp3) is 0.432. The van der Waals surface area contributed by atoms with Gasteiger partial charge in [-0.2, -0.15) is 13.2 Å². The highest BCUT2D eigenvalue weighted by atomic mass is 19.4. The van der Waals surface area contributed by atoms with Gasteiger partial charge in [0.15, 0.2) is 6.10 Å². The van der Waals surface area contributed by atoms with Crippen molar-refractivity contribution in [1.82, 2.24) is 0 Å². The predicted molar refractivity (Wildman–Crippen MR) is 171 cm³/mol. The van der Waals surface area contributed by atoms with Crippen molar-refractivity contribution in [3.8, 4) is 22.6 Å². The number of halogens is 5. The van der Waals surface area contributed by atoms with E-state index in [1.807, 2.05) is 6.92 Å². The van der Waals surface area contributed by atoms with Crippen LogP contribution < -0.4 is 9.47 Å². The lowest BCUT2D eigenvalue weighted by molar-refractivity contribution is -0.206. The van der Waals surface area contributed by atoms with E-state index in [0.717, 1.165) is 37.5 Å². The Balaban J connectivity index is 1.56. The van der Waals surface area contributed by atoms with Gasteiger partial charge in [0, 0.05) is 12.5 Å². The Labute approximate surface area is 277 Å². The summed E-state index contributed by atoms with van der Waals surface area (Å²) in [5.41, 5.74) is -0.225. The zero-order valence-electron chi connectivity index (χ0n) is 27.2. The second-order valence-electron chi connectivity index (χ2n) is 11.5. The molecule has 6 nitrogen and oxygen atoms in total. The van der Waals surface area contributed by atoms with Crippen LogP contribution in [0.3, 0.4) is 0 Å². The maximum atomic E-state index is 15.0. The molecule has 1 atom stereocenters. The number of benzene rings is 3. The van der Waals surface area contributed by atoms with E-state index in [1.165, 1.54) is 37.8 Å². The fourth-order valence-electron chi connectivity index (χ4n) is 4.93. The first-order valence-electron chi connectivity index (χ1n) is 16.3. The molecule has 260 valence electrons. The second kappa shape index (κ2) is 18.9. The van der Waals surface area contributed by atoms with Gasteiger partial charge < -0.3 is 14.2 Å². The lowest BCUT2D eigenvalue weighted by Gasteiger charge is -2.20. The summed E-state index contributed by atoms with van der Waals surface area (Å²) in [7, 11) is 0. The first-order chi connectivity index (χ1) is 22.9. The standard InChI is InChI=1S/C37H41F5O6/c1-3-5-7-8-9-10-12-14-34(43)46-27-18-15-25(16-19-27)26-17-21-29(31(38)23-26)35(44)47-28-20-22-30(32(39)24-28)36(45)48-33(37(40,41)42)13-11-6-4-2/h15-24,33H,3-14H2,1-2H3/t33-/m1/s1. The van der Waals surface area contributed by atoms with Crippen molar-refractivity contribution in [3.05, 3.63) is 83.4 Å². The van der Waals surface area contributed by atoms with Gasteiger partial charge in [0.1, 0.15) is 23.1 Å². The van der Waals surface area contributed by atoms with E-state index >= 15 is 0 Å². The Morgan fingerprint density at radius 1 is 0.625 bits per heavy atom. The van der Waals surface area contributed by atoms with Gasteiger partial charge in [-0.15, -0.1) is 0 Å². The Hall–Kier alpha value is -4.28. The fourth-order valence-corrected chi connectivity index (χ4v) is 4.93. The monoisotopic (exact) mass is 676 g/mol. The van der Waals surface area contributed by atoms with Crippen molar-refractivity contribution >= 4 is 17.9 Å². The summed E-state index contributed by atoms with van der Waals surface area (Å²) >= 11 is 0. The van der Waals surface area contributed by atoms with Gasteiger partial charge >= 0.3 is 24.1 Å². The van der Waals surface area contributed by atoms with Gasteiger partial charge in [0.25, 0.3) is 0 Å². The van der Waals surface area contributed by atoms with Crippen molar-refractivity contribution < 1.29 is 50.5 Å². The summed E-state index contributed by atoms with van der Waals surface area (Å²) in [4.78, 5) is 37.1. The molecule has 0 saturated carbocycles. The van der Waals surface area contributed by atoms with Crippen molar-refractivity contribution in [1.29, 1.82) is 0 Å². The molecule has 0 aromatic heterocycles. The van der Waals surface area contributed by atoms with Crippen LogP contribution in [-0.4, -0.2) is 30.2 Å². The third kappa shape index (κ3) is 12.1. The largest absolute Gasteiger partial charge is 0.449 e. The van der Waals surface area contributed by atoms with Gasteiger partial charge in [-0.25, -0.2) is 18.4 Å². The first kappa shape index (κ1) is 38.2. The molecule has 0 aliphatic carbocycles. The molecule has 3 aromatic carbocycles. The number of ether oxygens (including phenoxy) is 3. The van der Waals surface area contributed by atoms with Crippen molar-refractivity contribution in [2.24, 2.45) is 0 Å². The third-order valence-electron chi connectivity index (χ3n) is 7.65. The summed E-state index contributed by atoms with van der Waals surface area (Å²) in [5, 5.41) is 0. The minimum Gasteiger partial charge on any atom is -0.449 e. The summed E-state index contributed by atoms with van der Waals surface area (Å²) in [5.74, 6) is -5.25. The Morgan fingerprint density at radius 3 is 1.79 bits per heavy atom. The lowest BCUT2D eigenvalue weighted by atomic mass is 10.0. The molecule has 0 aliphatic heterocycles. The highest BCUT2D eigenvalue weighted by molar-refractivity contribution is 5.93. The van der Waals surface area contributed by atoms with E-state index in [-0.39, 0.29) is 12.4 Å². The summed E-state index contributed by atoms with van der Waals surface area (Å²) in [6.07, 6.45) is 1.61. The van der Waals surface area contributed by atoms with Gasteiger partial charge in [0.05, 0.1) is 11.1 Å². The molecule has 0 amide bonds. The molecule has 0 bridgehead atoms. The molecule has 0 aliphatic rings. The van der Waals surface area contributed by atoms with Crippen LogP contribution in [0.4, 0.5) is 22.0 Å². The SMILES string of the molecule is CCCCCCCCCC(=O)Oc1ccc(-c2ccc(C(=O)Oc3ccc(C(=O)O[C@H](CCCCC)C(F)(F)F)c(F)c3)c(F)c2)cc1. The van der Waals surface area contributed by atoms with Crippen molar-refractivity contribution in [2.45, 2.75) is 103 Å². The minimum absolute atomic E-state index is 0.172. The van der Waals surface area contributed by atoms with Crippen LogP contribution >= 0.6 is 0 Å². The second-order valence-corrected chi connectivity index (χ2v) is 11.5. The van der Waals surface area contributed by atoms with Crippen LogP contribution in [0.1, 0.15) is 112 Å². The van der Waals surface area contributed by atoms with E-state index in [0.29, 0.717) is 42.2 Å². The van der Waals surface area contributed by atoms with E-state index in [2.05, 4.69) is 11.7 Å². The number of hydrogen-bond acceptors (Lipinski definition) is 6. The average molecular weight is 677 g/mol. The van der Waals surface area contributed by atoms with Crippen molar-refractivity contribution in [3.63, 3.8) is 0 Å². The molecule has 11 heteroatoms. The van der Waals surface area contributed by atoms with Gasteiger partial charge in [-0.1, -0.05) is 83.4 Å². The number of hydrogen-bond donors (Lipinski definition) is 0. The van der Waals surface area contributed by atoms with Gasteiger partial charge in [0.2, 0.25) is 0 Å². The van der Waals surface area contributed by atoms with Crippen LogP contribution in [-0.2, 0) is 9.53 Å². The zero-order valence-corrected chi connectivity index (χ0v) is 27.2. The first-order valence-corrected chi connectivity index (χ1v) is 16.3. The molecule has 0 radical (unpaired) electrons. The molecule has 48 heavy (non-hydrogen) atoms. The van der Waals surface area contributed by atoms with E-state index in [9.17, 15) is 36.3 Å². The number of unbranched alkanes of at least 4 members (excludes halogenated alkanes) is 8. The highest BCUT2D eigenvalue weighted by Gasteiger charge is 2.42. The third-order valence-corrected chi connectivity index (χ3v) is 7.65. The molecule has 0 N–H and O–H groups in total. The number of carbonyl (C=O) groups excluding carboxylic acids is 3. The molecular formula is C37H41F5O6. The van der Waals surface area contributed by atoms with Crippen LogP contribution in [0.5, 0.6) is 11.5 Å². The van der Waals surface area contributed by atoms with E-state index in [1.54, 1.807) is 24.3 Å². The highest BCUT2D eigenvalue weighted by Crippen LogP contribution is 2.29. The quantitative estimate of drug-likeness (QED) is 0.0577. The van der Waals surface area contributed by atoms with E-state index in [4.69, 9.17) is 9.47 Å². The number of esters is 3. The van der Waals surface area contributed by atoms with Crippen LogP contribution in [0, 0.1) is 11.6 Å². The Kier molecular flexibility index (Phi) is 15.0. The molecule has 0 spiro atoms. The predicted octanol–water partition coefficient (Wildman–Crippen LogP) is 10.6. The molecule has 0 saturated heterocycles. The molecular weight excluding hydrogens is 635 g/mol. The number of carbonyl (C=O) groups is 3. The summed E-state index contributed by atoms with van der Waals surface area (Å²) < 4.78 is 84.5. The molecule has 0 fully saturated rings. The lowest BCUT2D eigenvalue weighted by Crippen LogP contribution is -2.34. The Morgan fingerprint density at radius 2 is 1.17 bits per heavy atom. The van der Waals surface area contributed by atoms with Crippen molar-refractivity contribution in [2.75, 3.05) is 0 Å².